The SMILES string of the molecule is COc1ccc(C(=O)C2=C[C@@]34C=C[C@@]25[C@@H]2CC[C@@](O)(CN(CCc6cccs6)C[C@H](O)CO)[C@@]2(C)CC[C@@H]5[C@@]3(C)CCC(O)C4)cc1. The zero-order valence-electron chi connectivity index (χ0n) is 28.0. The van der Waals surface area contributed by atoms with E-state index in [1.807, 2.05) is 30.3 Å². The number of ether oxygens (including phenoxy) is 1. The number of aliphatic hydroxyl groups is 4. The molecule has 2 aromatic rings. The molecule has 0 amide bonds. The second kappa shape index (κ2) is 11.9. The van der Waals surface area contributed by atoms with Crippen LogP contribution in [0.5, 0.6) is 5.75 Å². The Morgan fingerprint density at radius 2 is 1.77 bits per heavy atom. The highest BCUT2D eigenvalue weighted by atomic mass is 32.1. The van der Waals surface area contributed by atoms with Crippen LogP contribution in [0.3, 0.4) is 0 Å². The number of ketones is 1. The minimum Gasteiger partial charge on any atom is -0.497 e. The van der Waals surface area contributed by atoms with Gasteiger partial charge in [-0.3, -0.25) is 9.69 Å². The molecule has 7 nitrogen and oxygen atoms in total. The summed E-state index contributed by atoms with van der Waals surface area (Å²) in [4.78, 5) is 18.2. The lowest BCUT2D eigenvalue weighted by atomic mass is 9.32. The smallest absolute Gasteiger partial charge is 0.189 e. The Kier molecular flexibility index (Phi) is 8.42. The van der Waals surface area contributed by atoms with Crippen molar-refractivity contribution >= 4 is 17.1 Å². The Balaban J connectivity index is 1.28. The monoisotopic (exact) mass is 661 g/mol. The molecular formula is C39H51NO6S. The van der Waals surface area contributed by atoms with Crippen LogP contribution in [0, 0.1) is 33.5 Å². The van der Waals surface area contributed by atoms with Gasteiger partial charge in [0, 0.05) is 51.9 Å². The average molecular weight is 662 g/mol. The van der Waals surface area contributed by atoms with Gasteiger partial charge in [-0.2, -0.15) is 0 Å². The highest BCUT2D eigenvalue weighted by molar-refractivity contribution is 7.09. The van der Waals surface area contributed by atoms with Crippen LogP contribution in [0.15, 0.2) is 65.6 Å². The molecule has 1 heterocycles. The number of thiophene rings is 1. The van der Waals surface area contributed by atoms with E-state index in [-0.39, 0.29) is 35.1 Å². The first kappa shape index (κ1) is 33.2. The van der Waals surface area contributed by atoms with Crippen LogP contribution < -0.4 is 4.74 Å². The van der Waals surface area contributed by atoms with Crippen LogP contribution in [0.25, 0.3) is 0 Å². The molecule has 1 unspecified atom stereocenters. The van der Waals surface area contributed by atoms with E-state index in [9.17, 15) is 25.2 Å². The summed E-state index contributed by atoms with van der Waals surface area (Å²) in [5, 5.41) is 46.1. The number of carbonyl (C=O) groups excluding carboxylic acids is 1. The van der Waals surface area contributed by atoms with Crippen LogP contribution in [-0.4, -0.2) is 82.3 Å². The van der Waals surface area contributed by atoms with Crippen molar-refractivity contribution in [2.45, 2.75) is 83.0 Å². The number of Topliss-reactive ketones (excluding diaryl/α,β-unsaturated/α-hetero) is 1. The van der Waals surface area contributed by atoms with Gasteiger partial charge in [-0.1, -0.05) is 38.1 Å². The van der Waals surface area contributed by atoms with E-state index < -0.39 is 28.6 Å². The van der Waals surface area contributed by atoms with Crippen LogP contribution >= 0.6 is 11.3 Å². The first-order chi connectivity index (χ1) is 22.4. The van der Waals surface area contributed by atoms with Crippen LogP contribution in [0.1, 0.15) is 74.0 Å². The molecule has 6 aliphatic rings. The van der Waals surface area contributed by atoms with Gasteiger partial charge < -0.3 is 25.2 Å². The predicted octanol–water partition coefficient (Wildman–Crippen LogP) is 5.43. The quantitative estimate of drug-likeness (QED) is 0.188. The number of carbonyl (C=O) groups is 1. The lowest BCUT2D eigenvalue weighted by molar-refractivity contribution is -0.177. The summed E-state index contributed by atoms with van der Waals surface area (Å²) >= 11 is 1.71. The van der Waals surface area contributed by atoms with Gasteiger partial charge in [-0.25, -0.2) is 0 Å². The van der Waals surface area contributed by atoms with E-state index in [1.54, 1.807) is 18.4 Å². The van der Waals surface area contributed by atoms with Crippen molar-refractivity contribution in [2.24, 2.45) is 33.5 Å². The summed E-state index contributed by atoms with van der Waals surface area (Å²) in [5.74, 6) is 1.01. The number of fused-ring (bicyclic) bond motifs is 1. The van der Waals surface area contributed by atoms with Crippen LogP contribution in [0.4, 0.5) is 0 Å². The zero-order valence-corrected chi connectivity index (χ0v) is 28.8. The number of rotatable bonds is 11. The predicted molar refractivity (Wildman–Crippen MR) is 183 cm³/mol. The molecule has 6 aliphatic carbocycles. The molecule has 3 saturated carbocycles. The minimum absolute atomic E-state index is 0.0341. The Bertz CT molecular complexity index is 1540. The molecule has 2 spiro atoms. The molecule has 0 radical (unpaired) electrons. The Hall–Kier alpha value is -2.33. The molecule has 0 saturated heterocycles. The molecule has 1 aromatic carbocycles. The Labute approximate surface area is 283 Å². The highest BCUT2D eigenvalue weighted by Crippen LogP contribution is 2.78. The topological polar surface area (TPSA) is 110 Å². The van der Waals surface area contributed by atoms with Gasteiger partial charge in [0.15, 0.2) is 5.78 Å². The van der Waals surface area contributed by atoms with Gasteiger partial charge in [0.25, 0.3) is 0 Å². The summed E-state index contributed by atoms with van der Waals surface area (Å²) in [6, 6.07) is 11.6. The fraction of sp³-hybridized carbons (Fsp3) is 0.615. The molecule has 0 aliphatic heterocycles. The highest BCUT2D eigenvalue weighted by Gasteiger charge is 2.74. The van der Waals surface area contributed by atoms with Crippen molar-refractivity contribution in [1.29, 1.82) is 0 Å². The van der Waals surface area contributed by atoms with Crippen LogP contribution in [-0.2, 0) is 6.42 Å². The lowest BCUT2D eigenvalue weighted by Gasteiger charge is -2.71. The maximum atomic E-state index is 14.8. The third-order valence-electron chi connectivity index (χ3n) is 13.7. The number of benzene rings is 1. The Morgan fingerprint density at radius 3 is 2.47 bits per heavy atom. The Morgan fingerprint density at radius 1 is 1.04 bits per heavy atom. The average Bonchev–Trinajstić information content (AvgIpc) is 3.68. The van der Waals surface area contributed by atoms with E-state index in [0.717, 1.165) is 44.1 Å². The van der Waals surface area contributed by atoms with Crippen molar-refractivity contribution < 1.29 is 30.0 Å². The molecular weight excluding hydrogens is 610 g/mol. The lowest BCUT2D eigenvalue weighted by Crippen LogP contribution is -2.67. The van der Waals surface area contributed by atoms with Gasteiger partial charge in [0.2, 0.25) is 0 Å². The number of allylic oxidation sites excluding steroid dienone is 4. The zero-order chi connectivity index (χ0) is 33.2. The maximum Gasteiger partial charge on any atom is 0.189 e. The summed E-state index contributed by atoms with van der Waals surface area (Å²) in [7, 11) is 1.63. The molecule has 4 N–H and O–H groups in total. The second-order valence-electron chi connectivity index (χ2n) is 15.8. The van der Waals surface area contributed by atoms with Gasteiger partial charge in [0.05, 0.1) is 31.5 Å². The van der Waals surface area contributed by atoms with Crippen molar-refractivity contribution in [3.8, 4) is 5.75 Å². The number of hydrogen-bond acceptors (Lipinski definition) is 8. The molecule has 9 atom stereocenters. The first-order valence-electron chi connectivity index (χ1n) is 17.5. The first-order valence-corrected chi connectivity index (χ1v) is 18.4. The van der Waals surface area contributed by atoms with Crippen molar-refractivity contribution in [3.05, 3.63) is 76.0 Å². The minimum atomic E-state index is -1.03. The fourth-order valence-corrected chi connectivity index (χ4v) is 11.9. The fourth-order valence-electron chi connectivity index (χ4n) is 11.2. The molecule has 8 rings (SSSR count). The molecule has 47 heavy (non-hydrogen) atoms. The van der Waals surface area contributed by atoms with E-state index in [2.05, 4.69) is 48.4 Å². The maximum absolute atomic E-state index is 14.8. The van der Waals surface area contributed by atoms with Gasteiger partial charge in [-0.05, 0) is 104 Å². The third-order valence-corrected chi connectivity index (χ3v) is 14.7. The summed E-state index contributed by atoms with van der Waals surface area (Å²) in [6.45, 7) is 5.72. The number of methoxy groups -OCH3 is 1. The van der Waals surface area contributed by atoms with Crippen molar-refractivity contribution in [1.82, 2.24) is 4.90 Å². The number of aliphatic hydroxyl groups excluding tert-OH is 3. The van der Waals surface area contributed by atoms with Crippen molar-refractivity contribution in [2.75, 3.05) is 33.4 Å². The van der Waals surface area contributed by atoms with E-state index in [0.29, 0.717) is 43.8 Å². The molecule has 8 heteroatoms. The van der Waals surface area contributed by atoms with E-state index in [1.165, 1.54) is 4.88 Å². The van der Waals surface area contributed by atoms with Gasteiger partial charge >= 0.3 is 0 Å². The van der Waals surface area contributed by atoms with E-state index in [4.69, 9.17) is 4.74 Å². The summed E-state index contributed by atoms with van der Waals surface area (Å²) in [5.41, 5.74) is -1.02. The van der Waals surface area contributed by atoms with Gasteiger partial charge in [0.1, 0.15) is 5.75 Å². The summed E-state index contributed by atoms with van der Waals surface area (Å²) in [6.07, 6.45) is 12.0. The molecule has 3 fully saturated rings. The molecule has 2 bridgehead atoms. The third kappa shape index (κ3) is 4.96. The summed E-state index contributed by atoms with van der Waals surface area (Å²) < 4.78 is 5.39. The molecule has 254 valence electrons. The van der Waals surface area contributed by atoms with Gasteiger partial charge in [-0.15, -0.1) is 11.3 Å². The standard InChI is InChI=1S/C39H51NO6S/c1-35-14-10-27(42)21-37(35)17-18-39(31(22-37)34(44)26-6-8-29(46-3)9-7-26)32(35)11-15-36(2)33(39)12-16-38(36,45)25-40(23-28(43)24-41)19-13-30-5-4-20-47-30/h4-9,17-18,20,22,27-28,32-33,41-43,45H,10-16,19,21,23-25H2,1-3H3/t27?,28-,32+,33+,35+,36-,37-,38+,39+/m0/s1. The second-order valence-corrected chi connectivity index (χ2v) is 16.8. The largest absolute Gasteiger partial charge is 0.497 e. The van der Waals surface area contributed by atoms with Crippen molar-refractivity contribution in [3.63, 3.8) is 0 Å². The number of nitrogens with zero attached hydrogens (tertiary/aromatic N) is 1. The molecule has 1 aromatic heterocycles. The number of hydrogen-bond donors (Lipinski definition) is 4. The van der Waals surface area contributed by atoms with E-state index >= 15 is 0 Å². The van der Waals surface area contributed by atoms with Crippen LogP contribution in [0.2, 0.25) is 0 Å². The normalized spacial score (nSPS) is 39.2.